The largest absolute Gasteiger partial charge is 0.316 e. The van der Waals surface area contributed by atoms with Gasteiger partial charge in [-0.25, -0.2) is 0 Å². The third-order valence-corrected chi connectivity index (χ3v) is 0.558. The minimum absolute atomic E-state index is 0. The normalized spacial score (nSPS) is 6.00. The van der Waals surface area contributed by atoms with Gasteiger partial charge in [-0.15, -0.1) is 0 Å². The maximum atomic E-state index is 5.14. The van der Waals surface area contributed by atoms with Crippen LogP contribution in [0.5, 0.6) is 0 Å². The van der Waals surface area contributed by atoms with Crippen molar-refractivity contribution in [2.24, 2.45) is 5.73 Å². The van der Waals surface area contributed by atoms with Crippen molar-refractivity contribution in [2.75, 3.05) is 6.54 Å². The first-order chi connectivity index (χ1) is 2.41. The van der Waals surface area contributed by atoms with Gasteiger partial charge in [0.25, 0.3) is 0 Å². The molecule has 0 unspecified atom stereocenters. The van der Waals surface area contributed by atoms with Crippen molar-refractivity contribution in [2.45, 2.75) is 19.8 Å². The molecule has 0 amide bonds. The van der Waals surface area contributed by atoms with Gasteiger partial charge in [-0.1, -0.05) is 13.3 Å². The number of nitrogens with two attached hydrogens (primary N) is 1. The van der Waals surface area contributed by atoms with Crippen LogP contribution in [0.4, 0.5) is 0 Å². The van der Waals surface area contributed by atoms with E-state index in [4.69, 9.17) is 5.73 Å². The van der Waals surface area contributed by atoms with E-state index in [-0.39, 0.29) is 41.9 Å². The first kappa shape index (κ1) is 15.8. The molecule has 7 heavy (non-hydrogen) atoms. The second-order valence-electron chi connectivity index (χ2n) is 1.14. The van der Waals surface area contributed by atoms with Crippen LogP contribution in [-0.4, -0.2) is 48.5 Å². The number of unbranched alkanes of at least 4 members (excludes halogenated alkanes) is 1. The molecule has 0 saturated carbocycles. The summed E-state index contributed by atoms with van der Waals surface area (Å²) in [6.45, 7) is 2.98. The first-order valence-corrected chi connectivity index (χ1v) is 2.12. The summed E-state index contributed by atoms with van der Waals surface area (Å²) in [7, 11) is 0. The average molecular weight is 107 g/mol. The van der Waals surface area contributed by atoms with Gasteiger partial charge >= 0.3 is 41.9 Å². The molecule has 0 aromatic heterocycles. The van der Waals surface area contributed by atoms with E-state index in [1.807, 2.05) is 0 Å². The Hall–Kier alpha value is 1.32. The predicted molar refractivity (Wildman–Crippen MR) is 39.7 cm³/mol. The van der Waals surface area contributed by atoms with Crippen molar-refractivity contribution < 1.29 is 0 Å². The maximum Gasteiger partial charge on any atom is 0.316 e. The third kappa shape index (κ3) is 18.8. The topological polar surface area (TPSA) is 26.0 Å². The fourth-order valence-electron chi connectivity index (χ4n) is 0.204. The van der Waals surface area contributed by atoms with Crippen molar-refractivity contribution in [3.63, 3.8) is 0 Å². The second-order valence-corrected chi connectivity index (χ2v) is 1.14. The smallest absolute Gasteiger partial charge is 0.316 e. The molecule has 0 heterocycles. The molecule has 0 aliphatic heterocycles. The first-order valence-electron chi connectivity index (χ1n) is 2.12. The predicted octanol–water partition coefficient (Wildman–Crippen LogP) is -0.819. The van der Waals surface area contributed by atoms with Crippen molar-refractivity contribution in [1.82, 2.24) is 0 Å². The Morgan fingerprint density at radius 3 is 1.86 bits per heavy atom. The molecule has 0 aliphatic rings. The Labute approximate surface area is 73.7 Å². The molecule has 0 spiro atoms. The Morgan fingerprint density at radius 1 is 1.43 bits per heavy atom. The molecule has 0 aliphatic carbocycles. The maximum absolute atomic E-state index is 5.14. The van der Waals surface area contributed by atoms with Crippen molar-refractivity contribution in [3.05, 3.63) is 0 Å². The van der Waals surface area contributed by atoms with Crippen LogP contribution >= 0.6 is 0 Å². The summed E-state index contributed by atoms with van der Waals surface area (Å²) in [5, 5.41) is 0. The van der Waals surface area contributed by atoms with E-state index in [1.165, 1.54) is 12.8 Å². The molecule has 0 aromatic rings. The molecule has 0 bridgehead atoms. The summed E-state index contributed by atoms with van der Waals surface area (Å²) >= 11 is 0. The van der Waals surface area contributed by atoms with Gasteiger partial charge in [0.15, 0.2) is 0 Å². The minimum Gasteiger partial charge on any atom is 0.316 e. The van der Waals surface area contributed by atoms with E-state index >= 15 is 0 Å². The van der Waals surface area contributed by atoms with Crippen LogP contribution in [0.15, 0.2) is 0 Å². The minimum atomic E-state index is 0. The third-order valence-electron chi connectivity index (χ3n) is 0.558. The fraction of sp³-hybridized carbons (Fsp3) is 1.00. The van der Waals surface area contributed by atoms with Gasteiger partial charge in [0.2, 0.25) is 0 Å². The molecule has 0 saturated heterocycles. The van der Waals surface area contributed by atoms with E-state index in [9.17, 15) is 0 Å². The van der Waals surface area contributed by atoms with Crippen LogP contribution in [0.2, 0.25) is 0 Å². The summed E-state index contributed by atoms with van der Waals surface area (Å²) in [5.74, 6) is 0. The van der Waals surface area contributed by atoms with Crippen molar-refractivity contribution >= 4 is 41.9 Å². The van der Waals surface area contributed by atoms with E-state index < -0.39 is 0 Å². The molecule has 0 rings (SSSR count). The molecule has 0 atom stereocenters. The summed E-state index contributed by atoms with van der Waals surface area (Å²) in [4.78, 5) is 0. The summed E-state index contributed by atoms with van der Waals surface area (Å²) in [6, 6.07) is 0. The SMILES string of the molecule is CCCCN.[LiH].[MgH2]. The zero-order chi connectivity index (χ0) is 4.12. The zero-order valence-corrected chi connectivity index (χ0v) is 3.70. The van der Waals surface area contributed by atoms with Gasteiger partial charge in [0, 0.05) is 0 Å². The molecule has 38 valence electrons. The van der Waals surface area contributed by atoms with Crippen LogP contribution in [0.25, 0.3) is 0 Å². The number of rotatable bonds is 2. The second kappa shape index (κ2) is 15.7. The Bertz CT molecular complexity index is 19.2. The summed E-state index contributed by atoms with van der Waals surface area (Å²) in [6.07, 6.45) is 2.39. The number of hydrogen-bond donors (Lipinski definition) is 1. The van der Waals surface area contributed by atoms with Gasteiger partial charge in [-0.2, -0.15) is 0 Å². The van der Waals surface area contributed by atoms with Crippen LogP contribution in [0.3, 0.4) is 0 Å². The summed E-state index contributed by atoms with van der Waals surface area (Å²) in [5.41, 5.74) is 5.14. The Morgan fingerprint density at radius 2 is 1.86 bits per heavy atom. The number of hydrogen-bond acceptors (Lipinski definition) is 1. The molecule has 0 fully saturated rings. The van der Waals surface area contributed by atoms with E-state index in [0.717, 1.165) is 6.54 Å². The van der Waals surface area contributed by atoms with Crippen LogP contribution in [0, 0.1) is 0 Å². The van der Waals surface area contributed by atoms with E-state index in [2.05, 4.69) is 6.92 Å². The van der Waals surface area contributed by atoms with E-state index in [0.29, 0.717) is 0 Å². The standard InChI is InChI=1S/C4H11N.Li.Mg.3H/c1-2-3-4-5;;;;;/h2-5H2,1H3;;;;;. The van der Waals surface area contributed by atoms with Crippen LogP contribution in [-0.2, 0) is 0 Å². The molecule has 1 nitrogen and oxygen atoms in total. The monoisotopic (exact) mass is 107 g/mol. The zero-order valence-electron chi connectivity index (χ0n) is 3.70. The molecule has 3 heteroatoms. The van der Waals surface area contributed by atoms with Crippen molar-refractivity contribution in [3.8, 4) is 0 Å². The van der Waals surface area contributed by atoms with Gasteiger partial charge in [0.05, 0.1) is 0 Å². The molecule has 2 N–H and O–H groups in total. The van der Waals surface area contributed by atoms with Gasteiger partial charge < -0.3 is 5.73 Å². The summed E-state index contributed by atoms with van der Waals surface area (Å²) < 4.78 is 0. The molecule has 0 aromatic carbocycles. The van der Waals surface area contributed by atoms with Crippen molar-refractivity contribution in [1.29, 1.82) is 0 Å². The van der Waals surface area contributed by atoms with E-state index in [1.54, 1.807) is 0 Å². The van der Waals surface area contributed by atoms with Crippen LogP contribution in [0.1, 0.15) is 19.8 Å². The van der Waals surface area contributed by atoms with Gasteiger partial charge in [0.1, 0.15) is 0 Å². The Kier molecular flexibility index (Phi) is 35.3. The van der Waals surface area contributed by atoms with Crippen LogP contribution < -0.4 is 5.73 Å². The quantitative estimate of drug-likeness (QED) is 0.459. The molecular weight excluding hydrogens is 93.3 g/mol. The molecular formula is C4H14LiMgN. The Balaban J connectivity index is -0.0000000800. The van der Waals surface area contributed by atoms with Gasteiger partial charge in [-0.3, -0.25) is 0 Å². The average Bonchev–Trinajstić information content (AvgIpc) is 1.41. The fourth-order valence-corrected chi connectivity index (χ4v) is 0.204. The van der Waals surface area contributed by atoms with Gasteiger partial charge in [-0.05, 0) is 13.0 Å². The molecule has 0 radical (unpaired) electrons.